The molecule has 0 aliphatic carbocycles. The molecular weight excluding hydrogens is 528 g/mol. The van der Waals surface area contributed by atoms with Gasteiger partial charge in [-0.15, -0.1) is 11.8 Å². The second-order valence-corrected chi connectivity index (χ2v) is 10.5. The summed E-state index contributed by atoms with van der Waals surface area (Å²) in [6.45, 7) is 1.45. The molecule has 6 rings (SSSR count). The molecule has 0 radical (unpaired) electrons. The van der Waals surface area contributed by atoms with Crippen molar-refractivity contribution in [2.45, 2.75) is 23.1 Å². The summed E-state index contributed by atoms with van der Waals surface area (Å²) < 4.78 is 43.2. The SMILES string of the molecule is O=C1NCN([C@@H]2c3ccccc3SCc3c(F)c(F)cc(OC/C=C/C4CCOC4)c32)n2ccc(=O)c(O)c21. The second-order valence-electron chi connectivity index (χ2n) is 9.48. The molecule has 11 heteroatoms. The smallest absolute Gasteiger partial charge is 0.275 e. The average Bonchev–Trinajstić information content (AvgIpc) is 3.39. The van der Waals surface area contributed by atoms with Gasteiger partial charge in [-0.3, -0.25) is 19.3 Å². The topological polar surface area (TPSA) is 93.0 Å². The van der Waals surface area contributed by atoms with E-state index in [4.69, 9.17) is 9.47 Å². The molecule has 202 valence electrons. The van der Waals surface area contributed by atoms with Gasteiger partial charge >= 0.3 is 0 Å². The molecule has 3 aromatic rings. The number of aromatic hydroxyl groups is 1. The minimum absolute atomic E-state index is 0.0305. The van der Waals surface area contributed by atoms with E-state index in [2.05, 4.69) is 5.32 Å². The monoisotopic (exact) mass is 553 g/mol. The number of nitrogens with one attached hydrogen (secondary N) is 1. The molecule has 1 unspecified atom stereocenters. The van der Waals surface area contributed by atoms with Crippen LogP contribution in [0.15, 0.2) is 64.4 Å². The van der Waals surface area contributed by atoms with Gasteiger partial charge in [0.15, 0.2) is 23.1 Å². The van der Waals surface area contributed by atoms with Gasteiger partial charge in [0, 0.05) is 52.6 Å². The molecular formula is C28H25F2N3O5S. The Kier molecular flexibility index (Phi) is 6.78. The predicted molar refractivity (Wildman–Crippen MR) is 141 cm³/mol. The van der Waals surface area contributed by atoms with Crippen LogP contribution in [-0.4, -0.2) is 42.2 Å². The maximum atomic E-state index is 15.4. The van der Waals surface area contributed by atoms with E-state index in [9.17, 15) is 19.1 Å². The molecule has 1 amide bonds. The van der Waals surface area contributed by atoms with E-state index in [0.717, 1.165) is 29.0 Å². The Morgan fingerprint density at radius 3 is 2.90 bits per heavy atom. The minimum atomic E-state index is -1.02. The van der Waals surface area contributed by atoms with Gasteiger partial charge in [-0.1, -0.05) is 30.4 Å². The van der Waals surface area contributed by atoms with Gasteiger partial charge < -0.3 is 19.9 Å². The molecule has 1 saturated heterocycles. The largest absolute Gasteiger partial charge is 0.502 e. The van der Waals surface area contributed by atoms with Crippen LogP contribution >= 0.6 is 11.8 Å². The van der Waals surface area contributed by atoms with Gasteiger partial charge in [0.2, 0.25) is 5.43 Å². The van der Waals surface area contributed by atoms with E-state index >= 15 is 4.39 Å². The third-order valence-electron chi connectivity index (χ3n) is 7.14. The molecule has 2 atom stereocenters. The average molecular weight is 554 g/mol. The quantitative estimate of drug-likeness (QED) is 0.464. The number of fused-ring (bicyclic) bond motifs is 3. The normalized spacial score (nSPS) is 20.3. The molecule has 2 N–H and O–H groups in total. The van der Waals surface area contributed by atoms with Crippen molar-refractivity contribution in [3.63, 3.8) is 0 Å². The maximum Gasteiger partial charge on any atom is 0.275 e. The van der Waals surface area contributed by atoms with E-state index in [1.54, 1.807) is 5.01 Å². The Morgan fingerprint density at radius 2 is 2.08 bits per heavy atom. The second kappa shape index (κ2) is 10.4. The van der Waals surface area contributed by atoms with Crippen LogP contribution < -0.4 is 20.5 Å². The molecule has 1 fully saturated rings. The molecule has 0 saturated carbocycles. The highest BCUT2D eigenvalue weighted by molar-refractivity contribution is 7.98. The number of nitrogens with zero attached hydrogens (tertiary/aromatic N) is 2. The molecule has 39 heavy (non-hydrogen) atoms. The summed E-state index contributed by atoms with van der Waals surface area (Å²) >= 11 is 1.37. The first kappa shape index (κ1) is 25.4. The first-order valence-corrected chi connectivity index (χ1v) is 13.5. The fraction of sp³-hybridized carbons (Fsp3) is 0.286. The number of halogens is 2. The lowest BCUT2D eigenvalue weighted by Crippen LogP contribution is -2.53. The van der Waals surface area contributed by atoms with Gasteiger partial charge in [-0.05, 0) is 18.1 Å². The number of aromatic nitrogens is 1. The van der Waals surface area contributed by atoms with Crippen molar-refractivity contribution in [2.75, 3.05) is 31.5 Å². The van der Waals surface area contributed by atoms with Crippen LogP contribution in [0.4, 0.5) is 8.78 Å². The summed E-state index contributed by atoms with van der Waals surface area (Å²) in [5.41, 5.74) is 0.386. The molecule has 1 aromatic heterocycles. The predicted octanol–water partition coefficient (Wildman–Crippen LogP) is 3.84. The van der Waals surface area contributed by atoms with Crippen molar-refractivity contribution >= 4 is 17.7 Å². The summed E-state index contributed by atoms with van der Waals surface area (Å²) in [7, 11) is 0. The minimum Gasteiger partial charge on any atom is -0.502 e. The number of pyridine rings is 1. The number of thioether (sulfide) groups is 1. The zero-order valence-electron chi connectivity index (χ0n) is 20.7. The van der Waals surface area contributed by atoms with E-state index in [-0.39, 0.29) is 42.0 Å². The number of hydrogen-bond acceptors (Lipinski definition) is 7. The van der Waals surface area contributed by atoms with Crippen molar-refractivity contribution in [1.29, 1.82) is 0 Å². The van der Waals surface area contributed by atoms with Crippen molar-refractivity contribution in [1.82, 2.24) is 9.99 Å². The van der Waals surface area contributed by atoms with Crippen molar-refractivity contribution in [3.8, 4) is 11.5 Å². The van der Waals surface area contributed by atoms with Crippen LogP contribution in [-0.2, 0) is 10.5 Å². The molecule has 8 nitrogen and oxygen atoms in total. The summed E-state index contributed by atoms with van der Waals surface area (Å²) in [5, 5.41) is 14.9. The van der Waals surface area contributed by atoms with Crippen LogP contribution in [0.3, 0.4) is 0 Å². The van der Waals surface area contributed by atoms with Crippen molar-refractivity contribution < 1.29 is 28.2 Å². The third kappa shape index (κ3) is 4.55. The first-order valence-electron chi connectivity index (χ1n) is 12.5. The van der Waals surface area contributed by atoms with Gasteiger partial charge in [0.1, 0.15) is 25.1 Å². The number of carbonyl (C=O) groups is 1. The van der Waals surface area contributed by atoms with Gasteiger partial charge in [-0.2, -0.15) is 0 Å². The van der Waals surface area contributed by atoms with Gasteiger partial charge in [0.05, 0.1) is 6.61 Å². The lowest BCUT2D eigenvalue weighted by Gasteiger charge is -2.40. The van der Waals surface area contributed by atoms with Crippen LogP contribution in [0.1, 0.15) is 39.6 Å². The molecule has 0 spiro atoms. The zero-order valence-corrected chi connectivity index (χ0v) is 21.5. The van der Waals surface area contributed by atoms with E-state index in [1.165, 1.54) is 22.6 Å². The molecule has 3 aliphatic rings. The number of benzene rings is 2. The number of rotatable bonds is 5. The number of hydrogen-bond donors (Lipinski definition) is 2. The fourth-order valence-electron chi connectivity index (χ4n) is 5.24. The molecule has 3 aliphatic heterocycles. The maximum absolute atomic E-state index is 15.4. The van der Waals surface area contributed by atoms with E-state index < -0.39 is 34.8 Å². The summed E-state index contributed by atoms with van der Waals surface area (Å²) in [4.78, 5) is 25.7. The third-order valence-corrected chi connectivity index (χ3v) is 8.25. The highest BCUT2D eigenvalue weighted by Crippen LogP contribution is 2.47. The lowest BCUT2D eigenvalue weighted by molar-refractivity contribution is 0.0915. The highest BCUT2D eigenvalue weighted by Gasteiger charge is 2.38. The van der Waals surface area contributed by atoms with E-state index in [1.807, 2.05) is 36.4 Å². The Morgan fingerprint density at radius 1 is 1.23 bits per heavy atom. The highest BCUT2D eigenvalue weighted by atomic mass is 32.2. The van der Waals surface area contributed by atoms with Gasteiger partial charge in [0.25, 0.3) is 5.91 Å². The zero-order chi connectivity index (χ0) is 27.1. The molecule has 4 heterocycles. The first-order chi connectivity index (χ1) is 18.9. The number of amides is 1. The summed E-state index contributed by atoms with van der Waals surface area (Å²) in [5.74, 6) is -2.70. The Hall–Kier alpha value is -3.83. The van der Waals surface area contributed by atoms with Gasteiger partial charge in [-0.25, -0.2) is 8.78 Å². The van der Waals surface area contributed by atoms with Crippen molar-refractivity contribution in [3.05, 3.63) is 99.0 Å². The standard InChI is InChI=1S/C28H25F2N3O5S/c29-19-12-21(38-10-3-4-16-8-11-37-13-16)23-18(24(19)30)14-39-22-6-2-1-5-17(22)25(23)33-15-31-28(36)26-27(35)20(34)7-9-32(26)33/h1-7,9,12,16,25,35H,8,10-11,13-15H2,(H,31,36)/b4-3+/t16?,25-/m1/s1. The van der Waals surface area contributed by atoms with Crippen LogP contribution in [0.25, 0.3) is 0 Å². The molecule has 0 bridgehead atoms. The van der Waals surface area contributed by atoms with Crippen molar-refractivity contribution in [2.24, 2.45) is 5.92 Å². The summed E-state index contributed by atoms with van der Waals surface area (Å²) in [6, 6.07) is 8.93. The number of carbonyl (C=O) groups excluding carboxylic acids is 1. The van der Waals surface area contributed by atoms with E-state index in [0.29, 0.717) is 18.8 Å². The van der Waals surface area contributed by atoms with Crippen LogP contribution in [0.5, 0.6) is 11.5 Å². The van der Waals surface area contributed by atoms with Crippen LogP contribution in [0, 0.1) is 17.6 Å². The van der Waals surface area contributed by atoms with Crippen LogP contribution in [0.2, 0.25) is 0 Å². The Balaban J connectivity index is 1.50. The summed E-state index contributed by atoms with van der Waals surface area (Å²) in [6.07, 6.45) is 6.16. The number of ether oxygens (including phenoxy) is 2. The lowest BCUT2D eigenvalue weighted by atomic mass is 9.92. The Bertz CT molecular complexity index is 1540. The molecule has 2 aromatic carbocycles. The fourth-order valence-corrected chi connectivity index (χ4v) is 6.35. The Labute approximate surface area is 226 Å².